The molecule has 1 heteroatoms. The van der Waals surface area contributed by atoms with Gasteiger partial charge in [0, 0.05) is 5.88 Å². The van der Waals surface area contributed by atoms with E-state index in [1.165, 1.54) is 57.8 Å². The topological polar surface area (TPSA) is 0 Å². The van der Waals surface area contributed by atoms with Gasteiger partial charge in [0.1, 0.15) is 0 Å². The first-order valence-electron chi connectivity index (χ1n) is 13.2. The molecule has 4 aliphatic rings. The highest BCUT2D eigenvalue weighted by molar-refractivity contribution is 6.17. The SMILES string of the molecule is CC(C)[C@@H](C=C[C@@H](C)[C@H]1CC[C@H]2[C@@H]3CC=C4CCCC[C@]4(C)[C@H]3CC[C@]12C)CCCl. The lowest BCUT2D eigenvalue weighted by Gasteiger charge is -2.58. The minimum atomic E-state index is 0.540. The Kier molecular flexibility index (Phi) is 6.85. The van der Waals surface area contributed by atoms with Gasteiger partial charge in [-0.1, -0.05) is 64.8 Å². The number of hydrogen-bond donors (Lipinski definition) is 0. The van der Waals surface area contributed by atoms with E-state index in [0.717, 1.165) is 36.0 Å². The molecule has 0 spiro atoms. The van der Waals surface area contributed by atoms with Crippen LogP contribution in [0.2, 0.25) is 0 Å². The van der Waals surface area contributed by atoms with E-state index >= 15 is 0 Å². The molecule has 0 unspecified atom stereocenters. The molecular formula is C29H47Cl. The molecule has 30 heavy (non-hydrogen) atoms. The van der Waals surface area contributed by atoms with Crippen molar-refractivity contribution in [1.29, 1.82) is 0 Å². The Balaban J connectivity index is 1.50. The maximum absolute atomic E-state index is 6.08. The van der Waals surface area contributed by atoms with Gasteiger partial charge in [-0.3, -0.25) is 0 Å². The molecule has 0 saturated heterocycles. The molecule has 3 fully saturated rings. The van der Waals surface area contributed by atoms with E-state index < -0.39 is 0 Å². The van der Waals surface area contributed by atoms with Gasteiger partial charge < -0.3 is 0 Å². The molecule has 0 nitrogen and oxygen atoms in total. The molecule has 0 bridgehead atoms. The van der Waals surface area contributed by atoms with Crippen molar-refractivity contribution in [3.05, 3.63) is 23.8 Å². The van der Waals surface area contributed by atoms with Crippen LogP contribution in [0.4, 0.5) is 0 Å². The third-order valence-electron chi connectivity index (χ3n) is 10.7. The van der Waals surface area contributed by atoms with Crippen LogP contribution in [0.25, 0.3) is 0 Å². The first kappa shape index (κ1) is 22.9. The van der Waals surface area contributed by atoms with Crippen LogP contribution in [0.1, 0.15) is 98.8 Å². The Labute approximate surface area is 192 Å². The summed E-state index contributed by atoms with van der Waals surface area (Å²) in [5.74, 6) is 6.56. The molecule has 0 aromatic carbocycles. The van der Waals surface area contributed by atoms with Gasteiger partial charge in [0.05, 0.1) is 0 Å². The fourth-order valence-electron chi connectivity index (χ4n) is 8.83. The van der Waals surface area contributed by atoms with Crippen molar-refractivity contribution in [3.8, 4) is 0 Å². The van der Waals surface area contributed by atoms with Crippen LogP contribution in [0, 0.1) is 52.3 Å². The summed E-state index contributed by atoms with van der Waals surface area (Å²) in [6.45, 7) is 12.5. The van der Waals surface area contributed by atoms with Crippen LogP contribution in [0.5, 0.6) is 0 Å². The lowest BCUT2D eigenvalue weighted by Crippen LogP contribution is -2.49. The Bertz CT molecular complexity index is 659. The fraction of sp³-hybridized carbons (Fsp3) is 0.862. The molecule has 4 rings (SSSR count). The average molecular weight is 431 g/mol. The average Bonchev–Trinajstić information content (AvgIpc) is 3.07. The van der Waals surface area contributed by atoms with Crippen molar-refractivity contribution in [2.24, 2.45) is 52.3 Å². The van der Waals surface area contributed by atoms with Crippen LogP contribution in [-0.2, 0) is 0 Å². The second-order valence-corrected chi connectivity index (χ2v) is 12.7. The van der Waals surface area contributed by atoms with E-state index in [9.17, 15) is 0 Å². The summed E-state index contributed by atoms with van der Waals surface area (Å²) in [7, 11) is 0. The van der Waals surface area contributed by atoms with E-state index in [4.69, 9.17) is 11.6 Å². The predicted molar refractivity (Wildman–Crippen MR) is 132 cm³/mol. The molecule has 0 aromatic heterocycles. The fourth-order valence-corrected chi connectivity index (χ4v) is 9.08. The molecule has 0 heterocycles. The second-order valence-electron chi connectivity index (χ2n) is 12.3. The van der Waals surface area contributed by atoms with Crippen molar-refractivity contribution in [2.75, 3.05) is 5.88 Å². The summed E-state index contributed by atoms with van der Waals surface area (Å²) < 4.78 is 0. The first-order valence-corrected chi connectivity index (χ1v) is 13.8. The van der Waals surface area contributed by atoms with Crippen molar-refractivity contribution in [2.45, 2.75) is 98.8 Å². The van der Waals surface area contributed by atoms with Gasteiger partial charge in [-0.2, -0.15) is 0 Å². The number of halogens is 1. The maximum Gasteiger partial charge on any atom is 0.0229 e. The quantitative estimate of drug-likeness (QED) is 0.291. The molecule has 0 aliphatic heterocycles. The highest BCUT2D eigenvalue weighted by atomic mass is 35.5. The van der Waals surface area contributed by atoms with E-state index in [2.05, 4.69) is 52.8 Å². The largest absolute Gasteiger partial charge is 0.127 e. The lowest BCUT2D eigenvalue weighted by atomic mass is 9.47. The Morgan fingerprint density at radius 2 is 1.83 bits per heavy atom. The molecule has 0 amide bonds. The number of rotatable bonds is 6. The summed E-state index contributed by atoms with van der Waals surface area (Å²) in [6, 6.07) is 0. The molecule has 8 atom stereocenters. The Morgan fingerprint density at radius 1 is 1.03 bits per heavy atom. The van der Waals surface area contributed by atoms with E-state index in [0.29, 0.717) is 28.6 Å². The second kappa shape index (κ2) is 8.96. The van der Waals surface area contributed by atoms with Crippen molar-refractivity contribution in [1.82, 2.24) is 0 Å². The Morgan fingerprint density at radius 3 is 2.57 bits per heavy atom. The van der Waals surface area contributed by atoms with Crippen LogP contribution in [-0.4, -0.2) is 5.88 Å². The van der Waals surface area contributed by atoms with Crippen LogP contribution < -0.4 is 0 Å². The van der Waals surface area contributed by atoms with Gasteiger partial charge in [-0.15, -0.1) is 11.6 Å². The number of hydrogen-bond acceptors (Lipinski definition) is 0. The van der Waals surface area contributed by atoms with Crippen LogP contribution in [0.3, 0.4) is 0 Å². The zero-order chi connectivity index (χ0) is 21.5. The highest BCUT2D eigenvalue weighted by Gasteiger charge is 2.58. The minimum Gasteiger partial charge on any atom is -0.127 e. The third-order valence-corrected chi connectivity index (χ3v) is 10.9. The smallest absolute Gasteiger partial charge is 0.0229 e. The van der Waals surface area contributed by atoms with Gasteiger partial charge in [-0.25, -0.2) is 0 Å². The number of fused-ring (bicyclic) bond motifs is 5. The molecule has 0 aromatic rings. The molecular weight excluding hydrogens is 384 g/mol. The van der Waals surface area contributed by atoms with E-state index in [1.54, 1.807) is 0 Å². The zero-order valence-electron chi connectivity index (χ0n) is 20.4. The normalized spacial score (nSPS) is 43.1. The predicted octanol–water partition coefficient (Wildman–Crippen LogP) is 9.05. The maximum atomic E-state index is 6.08. The van der Waals surface area contributed by atoms with Gasteiger partial charge in [0.15, 0.2) is 0 Å². The number of alkyl halides is 1. The molecule has 3 saturated carbocycles. The van der Waals surface area contributed by atoms with Crippen LogP contribution >= 0.6 is 11.6 Å². The summed E-state index contributed by atoms with van der Waals surface area (Å²) in [6.07, 6.45) is 22.0. The van der Waals surface area contributed by atoms with E-state index in [1.807, 2.05) is 5.57 Å². The summed E-state index contributed by atoms with van der Waals surface area (Å²) in [4.78, 5) is 0. The molecule has 4 aliphatic carbocycles. The third kappa shape index (κ3) is 3.86. The summed E-state index contributed by atoms with van der Waals surface area (Å²) >= 11 is 6.08. The van der Waals surface area contributed by atoms with Gasteiger partial charge in [0.2, 0.25) is 0 Å². The molecule has 0 N–H and O–H groups in total. The monoisotopic (exact) mass is 430 g/mol. The Hall–Kier alpha value is -0.230. The van der Waals surface area contributed by atoms with E-state index in [-0.39, 0.29) is 0 Å². The lowest BCUT2D eigenvalue weighted by molar-refractivity contribution is -0.0462. The first-order chi connectivity index (χ1) is 14.3. The van der Waals surface area contributed by atoms with Gasteiger partial charge in [-0.05, 0) is 110 Å². The highest BCUT2D eigenvalue weighted by Crippen LogP contribution is 2.67. The number of allylic oxidation sites excluding steroid dienone is 4. The minimum absolute atomic E-state index is 0.540. The van der Waals surface area contributed by atoms with Crippen molar-refractivity contribution < 1.29 is 0 Å². The molecule has 170 valence electrons. The molecule has 0 radical (unpaired) electrons. The van der Waals surface area contributed by atoms with Crippen LogP contribution in [0.15, 0.2) is 23.8 Å². The van der Waals surface area contributed by atoms with Gasteiger partial charge >= 0.3 is 0 Å². The summed E-state index contributed by atoms with van der Waals surface area (Å²) in [5.41, 5.74) is 2.95. The van der Waals surface area contributed by atoms with Gasteiger partial charge in [0.25, 0.3) is 0 Å². The standard InChI is InChI=1S/C29H47Cl/c1-20(2)22(16-19-30)10-9-21(3)25-13-14-26-24-12-11-23-8-6-7-17-28(23,4)27(24)15-18-29(25,26)5/h9-11,20-22,24-27H,6-8,12-19H2,1-5H3/t21-,22+,24+,25-,26+,27+,28+,29-/m1/s1. The van der Waals surface area contributed by atoms with Crippen molar-refractivity contribution in [3.63, 3.8) is 0 Å². The zero-order valence-corrected chi connectivity index (χ0v) is 21.2. The van der Waals surface area contributed by atoms with Crippen molar-refractivity contribution >= 4 is 11.6 Å². The summed E-state index contributed by atoms with van der Waals surface area (Å²) in [5, 5.41) is 0.